The molecule has 0 atom stereocenters. The molecule has 3 rings (SSSR count). The van der Waals surface area contributed by atoms with Crippen LogP contribution in [0.4, 0.5) is 5.69 Å². The molecule has 0 N–H and O–H groups in total. The molecule has 0 aromatic carbocycles. The van der Waals surface area contributed by atoms with Crippen molar-refractivity contribution < 1.29 is 0 Å². The first-order chi connectivity index (χ1) is 15.6. The monoisotopic (exact) mass is 439 g/mol. The van der Waals surface area contributed by atoms with Crippen molar-refractivity contribution in [3.63, 3.8) is 0 Å². The zero-order valence-corrected chi connectivity index (χ0v) is 20.9. The van der Waals surface area contributed by atoms with Gasteiger partial charge in [0.05, 0.1) is 23.8 Å². The third-order valence-electron chi connectivity index (χ3n) is 5.28. The summed E-state index contributed by atoms with van der Waals surface area (Å²) in [4.78, 5) is 14.3. The maximum absolute atomic E-state index is 4.76. The average Bonchev–Trinajstić information content (AvgIpc) is 3.29. The first-order valence-corrected chi connectivity index (χ1v) is 12.1. The Kier molecular flexibility index (Phi) is 11.1. The second-order valence-electron chi connectivity index (χ2n) is 7.95. The van der Waals surface area contributed by atoms with Gasteiger partial charge in [-0.15, -0.1) is 5.10 Å². The zero-order valence-electron chi connectivity index (χ0n) is 20.9. The number of hydrogen-bond donors (Lipinski definition) is 0. The Morgan fingerprint density at radius 3 is 2.38 bits per heavy atom. The molecule has 0 aliphatic carbocycles. The van der Waals surface area contributed by atoms with Gasteiger partial charge >= 0.3 is 0 Å². The Hall–Kier alpha value is -2.54. The van der Waals surface area contributed by atoms with Gasteiger partial charge in [0.2, 0.25) is 0 Å². The minimum atomic E-state index is 0.815. The number of anilines is 1. The number of aryl methyl sites for hydroxylation is 2. The van der Waals surface area contributed by atoms with Gasteiger partial charge in [-0.2, -0.15) is 0 Å². The number of piperazine rings is 1. The van der Waals surface area contributed by atoms with Crippen LogP contribution >= 0.6 is 0 Å². The molecule has 1 saturated heterocycles. The molecule has 176 valence electrons. The Balaban J connectivity index is 0.00000114. The number of pyridine rings is 1. The number of nitrogens with zero attached hydrogens (tertiary/aromatic N) is 7. The maximum Gasteiger partial charge on any atom is 0.131 e. The maximum atomic E-state index is 4.76. The molecule has 1 aliphatic heterocycles. The number of rotatable bonds is 8. The van der Waals surface area contributed by atoms with Crippen LogP contribution < -0.4 is 4.90 Å². The van der Waals surface area contributed by atoms with E-state index in [1.54, 1.807) is 0 Å². The van der Waals surface area contributed by atoms with Crippen molar-refractivity contribution in [2.45, 2.75) is 60.9 Å². The molecule has 7 nitrogen and oxygen atoms in total. The van der Waals surface area contributed by atoms with Crippen LogP contribution in [0.1, 0.15) is 53.5 Å². The van der Waals surface area contributed by atoms with Crippen LogP contribution in [0.25, 0.3) is 11.4 Å². The van der Waals surface area contributed by atoms with E-state index >= 15 is 0 Å². The lowest BCUT2D eigenvalue weighted by Crippen LogP contribution is -2.47. The Morgan fingerprint density at radius 1 is 1.09 bits per heavy atom. The van der Waals surface area contributed by atoms with E-state index in [0.717, 1.165) is 63.6 Å². The molecule has 2 aromatic heterocycles. The van der Waals surface area contributed by atoms with E-state index in [4.69, 9.17) is 4.98 Å². The quantitative estimate of drug-likeness (QED) is 0.567. The predicted octanol–water partition coefficient (Wildman–Crippen LogP) is 4.50. The largest absolute Gasteiger partial charge is 0.368 e. The van der Waals surface area contributed by atoms with Crippen molar-refractivity contribution in [2.24, 2.45) is 4.99 Å². The fourth-order valence-corrected chi connectivity index (χ4v) is 3.68. The van der Waals surface area contributed by atoms with Gasteiger partial charge in [0.15, 0.2) is 0 Å². The number of aliphatic imine (C=N–C) groups is 1. The predicted molar refractivity (Wildman–Crippen MR) is 136 cm³/mol. The summed E-state index contributed by atoms with van der Waals surface area (Å²) >= 11 is 0. The highest BCUT2D eigenvalue weighted by Gasteiger charge is 2.20. The summed E-state index contributed by atoms with van der Waals surface area (Å²) in [5.74, 6) is 0. The molecule has 7 heteroatoms. The standard InChI is InChI=1S/C22H33N7.C3H8/c1-5-9-19(23-7-3)16-27-10-12-28(13-11-27)20-14-18(6-2)22(24-15-20)21-17-29(8-4)26-25-21;1-3-2/h5,9,14-15,17H,6-8,10-13,16H2,1-4H3;3H2,1-2H3/b9-5-,23-19?;. The van der Waals surface area contributed by atoms with Gasteiger partial charge in [-0.1, -0.05) is 38.5 Å². The van der Waals surface area contributed by atoms with E-state index in [2.05, 4.69) is 77.9 Å². The number of allylic oxidation sites excluding steroid dienone is 1. The smallest absolute Gasteiger partial charge is 0.131 e. The molecule has 0 radical (unpaired) electrons. The van der Waals surface area contributed by atoms with E-state index in [0.29, 0.717) is 0 Å². The summed E-state index contributed by atoms with van der Waals surface area (Å²) in [6.07, 6.45) is 10.3. The summed E-state index contributed by atoms with van der Waals surface area (Å²) in [7, 11) is 0. The molecule has 3 heterocycles. The van der Waals surface area contributed by atoms with Crippen LogP contribution in [0.2, 0.25) is 0 Å². The lowest BCUT2D eigenvalue weighted by Gasteiger charge is -2.36. The summed E-state index contributed by atoms with van der Waals surface area (Å²) < 4.78 is 1.84. The van der Waals surface area contributed by atoms with E-state index in [9.17, 15) is 0 Å². The lowest BCUT2D eigenvalue weighted by atomic mass is 10.1. The lowest BCUT2D eigenvalue weighted by molar-refractivity contribution is 0.292. The fourth-order valence-electron chi connectivity index (χ4n) is 3.68. The highest BCUT2D eigenvalue weighted by molar-refractivity contribution is 5.96. The highest BCUT2D eigenvalue weighted by atomic mass is 15.4. The summed E-state index contributed by atoms with van der Waals surface area (Å²) in [5, 5.41) is 8.44. The Labute approximate surface area is 194 Å². The van der Waals surface area contributed by atoms with Crippen molar-refractivity contribution in [3.8, 4) is 11.4 Å². The van der Waals surface area contributed by atoms with E-state index in [1.165, 1.54) is 23.4 Å². The molecule has 0 unspecified atom stereocenters. The van der Waals surface area contributed by atoms with Gasteiger partial charge in [0.1, 0.15) is 5.69 Å². The van der Waals surface area contributed by atoms with Gasteiger partial charge in [-0.3, -0.25) is 19.6 Å². The summed E-state index contributed by atoms with van der Waals surface area (Å²) in [6, 6.07) is 2.27. The SMILES string of the molecule is C/C=C\C(CN1CCN(c2cnc(-c3cn(CC)nn3)c(CC)c2)CC1)=NCC.CCC. The van der Waals surface area contributed by atoms with Crippen molar-refractivity contribution in [1.82, 2.24) is 24.9 Å². The second-order valence-corrected chi connectivity index (χ2v) is 7.95. The third kappa shape index (κ3) is 7.26. The Bertz CT molecular complexity index is 861. The fraction of sp³-hybridized carbons (Fsp3) is 0.600. The zero-order chi connectivity index (χ0) is 23.3. The second kappa shape index (κ2) is 13.8. The molecule has 1 fully saturated rings. The molecule has 0 amide bonds. The molecule has 2 aromatic rings. The van der Waals surface area contributed by atoms with Gasteiger partial charge in [-0.05, 0) is 44.9 Å². The third-order valence-corrected chi connectivity index (χ3v) is 5.28. The minimum absolute atomic E-state index is 0.815. The Morgan fingerprint density at radius 2 is 1.81 bits per heavy atom. The molecule has 1 aliphatic rings. The van der Waals surface area contributed by atoms with Crippen LogP contribution in [0.15, 0.2) is 35.6 Å². The highest BCUT2D eigenvalue weighted by Crippen LogP contribution is 2.25. The van der Waals surface area contributed by atoms with Crippen LogP contribution in [0.5, 0.6) is 0 Å². The van der Waals surface area contributed by atoms with Crippen LogP contribution in [0.3, 0.4) is 0 Å². The van der Waals surface area contributed by atoms with Crippen LogP contribution in [-0.2, 0) is 13.0 Å². The molecular weight excluding hydrogens is 398 g/mol. The molecular formula is C25H41N7. The molecule has 0 spiro atoms. The normalized spacial score (nSPS) is 15.2. The molecule has 32 heavy (non-hydrogen) atoms. The molecule has 0 bridgehead atoms. The van der Waals surface area contributed by atoms with Crippen LogP contribution in [0, 0.1) is 0 Å². The van der Waals surface area contributed by atoms with Crippen molar-refractivity contribution in [1.29, 1.82) is 0 Å². The van der Waals surface area contributed by atoms with Gasteiger partial charge < -0.3 is 4.90 Å². The van der Waals surface area contributed by atoms with Crippen molar-refractivity contribution in [2.75, 3.05) is 44.2 Å². The van der Waals surface area contributed by atoms with E-state index < -0.39 is 0 Å². The summed E-state index contributed by atoms with van der Waals surface area (Å²) in [5.41, 5.74) is 5.39. The van der Waals surface area contributed by atoms with Crippen LogP contribution in [-0.4, -0.2) is 69.9 Å². The topological polar surface area (TPSA) is 62.4 Å². The number of hydrogen-bond acceptors (Lipinski definition) is 6. The number of aromatic nitrogens is 4. The van der Waals surface area contributed by atoms with Gasteiger partial charge in [0.25, 0.3) is 0 Å². The summed E-state index contributed by atoms with van der Waals surface area (Å²) in [6.45, 7) is 19.3. The van der Waals surface area contributed by atoms with Crippen molar-refractivity contribution >= 4 is 11.4 Å². The van der Waals surface area contributed by atoms with Crippen molar-refractivity contribution in [3.05, 3.63) is 36.2 Å². The first-order valence-electron chi connectivity index (χ1n) is 12.1. The first kappa shape index (κ1) is 25.7. The van der Waals surface area contributed by atoms with Gasteiger partial charge in [0, 0.05) is 51.5 Å². The minimum Gasteiger partial charge on any atom is -0.368 e. The van der Waals surface area contributed by atoms with E-state index in [-0.39, 0.29) is 0 Å². The van der Waals surface area contributed by atoms with Gasteiger partial charge in [-0.25, -0.2) is 0 Å². The van der Waals surface area contributed by atoms with E-state index in [1.807, 2.05) is 24.0 Å². The average molecular weight is 440 g/mol. The molecule has 0 saturated carbocycles.